The van der Waals surface area contributed by atoms with Gasteiger partial charge in [0.05, 0.1) is 26.9 Å². The van der Waals surface area contributed by atoms with Gasteiger partial charge in [-0.2, -0.15) is 0 Å². The second-order valence-electron chi connectivity index (χ2n) is 12.5. The van der Waals surface area contributed by atoms with Crippen molar-refractivity contribution in [3.05, 3.63) is 152 Å². The first-order valence-corrected chi connectivity index (χ1v) is 17.2. The quantitative estimate of drug-likeness (QED) is 0.192. The molecule has 0 unspecified atom stereocenters. The van der Waals surface area contributed by atoms with Crippen LogP contribution >= 0.6 is 11.3 Å². The van der Waals surface area contributed by atoms with Gasteiger partial charge in [0.25, 0.3) is 0 Å². The number of hydrogen-bond acceptors (Lipinski definition) is 4. The van der Waals surface area contributed by atoms with Gasteiger partial charge < -0.3 is 8.98 Å². The van der Waals surface area contributed by atoms with Crippen molar-refractivity contribution in [2.75, 3.05) is 0 Å². The molecule has 0 saturated carbocycles. The van der Waals surface area contributed by atoms with E-state index >= 15 is 0 Å². The minimum Gasteiger partial charge on any atom is -0.455 e. The number of nitrogens with zero attached hydrogens (tertiary/aromatic N) is 3. The highest BCUT2D eigenvalue weighted by Crippen LogP contribution is 2.50. The molecule has 0 fully saturated rings. The summed E-state index contributed by atoms with van der Waals surface area (Å²) in [7, 11) is 0. The van der Waals surface area contributed by atoms with Crippen LogP contribution in [0.3, 0.4) is 0 Å². The third-order valence-electron chi connectivity index (χ3n) is 9.78. The average molecular weight is 644 g/mol. The van der Waals surface area contributed by atoms with E-state index in [1.165, 1.54) is 41.8 Å². The van der Waals surface area contributed by atoms with E-state index in [0.717, 1.165) is 61.3 Å². The molecule has 49 heavy (non-hydrogen) atoms. The summed E-state index contributed by atoms with van der Waals surface area (Å²) in [5.41, 5.74) is 9.15. The molecule has 0 amide bonds. The molecule has 11 aromatic rings. The summed E-state index contributed by atoms with van der Waals surface area (Å²) in [5, 5.41) is 8.18. The molecule has 0 aliphatic heterocycles. The Bertz CT molecular complexity index is 3100. The number of hydrogen-bond donors (Lipinski definition) is 0. The van der Waals surface area contributed by atoms with E-state index in [9.17, 15) is 0 Å². The van der Waals surface area contributed by atoms with Crippen LogP contribution < -0.4 is 0 Å². The maximum absolute atomic E-state index is 6.72. The molecule has 4 nitrogen and oxygen atoms in total. The molecule has 228 valence electrons. The fraction of sp³-hybridized carbons (Fsp3) is 0. The minimum atomic E-state index is 0.720. The van der Waals surface area contributed by atoms with Gasteiger partial charge in [0, 0.05) is 59.2 Å². The first-order chi connectivity index (χ1) is 24.3. The van der Waals surface area contributed by atoms with Crippen molar-refractivity contribution < 1.29 is 4.42 Å². The number of aromatic nitrogens is 3. The van der Waals surface area contributed by atoms with Crippen LogP contribution in [0.2, 0.25) is 0 Å². The number of para-hydroxylation sites is 2. The highest BCUT2D eigenvalue weighted by atomic mass is 32.1. The Morgan fingerprint density at radius 1 is 0.531 bits per heavy atom. The largest absolute Gasteiger partial charge is 0.455 e. The van der Waals surface area contributed by atoms with Gasteiger partial charge in [-0.25, -0.2) is 9.97 Å². The summed E-state index contributed by atoms with van der Waals surface area (Å²) < 4.78 is 11.6. The molecule has 4 heterocycles. The number of thiophene rings is 1. The topological polar surface area (TPSA) is 43.9 Å². The maximum Gasteiger partial charge on any atom is 0.160 e. The molecule has 4 aromatic heterocycles. The van der Waals surface area contributed by atoms with Crippen LogP contribution in [-0.4, -0.2) is 14.5 Å². The molecule has 0 N–H and O–H groups in total. The molecule has 0 saturated heterocycles. The molecular formula is C44H25N3OS. The van der Waals surface area contributed by atoms with Gasteiger partial charge in [-0.3, -0.25) is 0 Å². The molecule has 0 aliphatic carbocycles. The van der Waals surface area contributed by atoms with Crippen LogP contribution in [0.5, 0.6) is 0 Å². The predicted octanol–water partition coefficient (Wildman–Crippen LogP) is 12.3. The highest BCUT2D eigenvalue weighted by molar-refractivity contribution is 7.26. The lowest BCUT2D eigenvalue weighted by molar-refractivity contribution is 0.673. The Labute approximate surface area is 284 Å². The van der Waals surface area contributed by atoms with Crippen LogP contribution in [0.1, 0.15) is 0 Å². The van der Waals surface area contributed by atoms with Crippen molar-refractivity contribution in [3.8, 4) is 28.3 Å². The summed E-state index contributed by atoms with van der Waals surface area (Å²) in [5.74, 6) is 0.720. The SMILES string of the molecule is c1ccc(-c2nc(-c3ccccc3)c3cc(-n4c5ccccc5c5c6c7ccccc7oc6c6sc7ccccc7c6c54)ccc3n2)cc1. The van der Waals surface area contributed by atoms with E-state index in [1.54, 1.807) is 0 Å². The fourth-order valence-electron chi connectivity index (χ4n) is 7.68. The van der Waals surface area contributed by atoms with Crippen molar-refractivity contribution in [2.45, 2.75) is 0 Å². The van der Waals surface area contributed by atoms with Gasteiger partial charge in [0.1, 0.15) is 5.58 Å². The maximum atomic E-state index is 6.72. The van der Waals surface area contributed by atoms with E-state index in [2.05, 4.69) is 132 Å². The van der Waals surface area contributed by atoms with Crippen LogP contribution in [0, 0.1) is 0 Å². The van der Waals surface area contributed by atoms with Crippen LogP contribution in [0.15, 0.2) is 156 Å². The monoisotopic (exact) mass is 643 g/mol. The summed E-state index contributed by atoms with van der Waals surface area (Å²) in [6, 6.07) is 53.2. The summed E-state index contributed by atoms with van der Waals surface area (Å²) in [4.78, 5) is 10.3. The molecular weight excluding hydrogens is 619 g/mol. The van der Waals surface area contributed by atoms with Crippen molar-refractivity contribution in [1.82, 2.24) is 14.5 Å². The zero-order valence-electron chi connectivity index (χ0n) is 26.1. The van der Waals surface area contributed by atoms with Gasteiger partial charge in [0.15, 0.2) is 11.4 Å². The standard InChI is InChI=1S/C44H25N3OS/c1-3-13-26(14-4-1)40-32-25-28(23-24-33(32)45-44(46-40)27-15-5-2-6-16-27)47-34-20-10-7-17-29(34)37-38-30-18-8-11-21-35(30)48-42(38)43-39(41(37)47)31-19-9-12-22-36(31)49-43/h1-25H. The Balaban J connectivity index is 1.32. The van der Waals surface area contributed by atoms with E-state index in [4.69, 9.17) is 14.4 Å². The third kappa shape index (κ3) is 3.79. The van der Waals surface area contributed by atoms with Crippen molar-refractivity contribution in [2.24, 2.45) is 0 Å². The first kappa shape index (κ1) is 26.7. The lowest BCUT2D eigenvalue weighted by atomic mass is 10.0. The number of rotatable bonds is 3. The van der Waals surface area contributed by atoms with Gasteiger partial charge in [-0.15, -0.1) is 11.3 Å². The summed E-state index contributed by atoms with van der Waals surface area (Å²) in [6.07, 6.45) is 0. The first-order valence-electron chi connectivity index (χ1n) is 16.4. The Hall–Kier alpha value is -6.30. The molecule has 5 heteroatoms. The van der Waals surface area contributed by atoms with Crippen molar-refractivity contribution in [1.29, 1.82) is 0 Å². The summed E-state index contributed by atoms with van der Waals surface area (Å²) >= 11 is 1.81. The molecule has 0 spiro atoms. The van der Waals surface area contributed by atoms with Crippen molar-refractivity contribution in [3.63, 3.8) is 0 Å². The van der Waals surface area contributed by atoms with E-state index in [0.29, 0.717) is 0 Å². The molecule has 0 radical (unpaired) electrons. The fourth-order valence-corrected chi connectivity index (χ4v) is 8.87. The Morgan fingerprint density at radius 2 is 1.22 bits per heavy atom. The lowest BCUT2D eigenvalue weighted by Crippen LogP contribution is -1.98. The minimum absolute atomic E-state index is 0.720. The molecule has 7 aromatic carbocycles. The zero-order chi connectivity index (χ0) is 32.1. The molecule has 0 atom stereocenters. The zero-order valence-corrected chi connectivity index (χ0v) is 26.9. The second kappa shape index (κ2) is 10.1. The van der Waals surface area contributed by atoms with Gasteiger partial charge >= 0.3 is 0 Å². The second-order valence-corrected chi connectivity index (χ2v) is 13.6. The number of benzene rings is 7. The normalized spacial score (nSPS) is 12.1. The lowest BCUT2D eigenvalue weighted by Gasteiger charge is -2.13. The van der Waals surface area contributed by atoms with Crippen molar-refractivity contribution >= 4 is 86.2 Å². The third-order valence-corrected chi connectivity index (χ3v) is 10.9. The van der Waals surface area contributed by atoms with Crippen LogP contribution in [0.4, 0.5) is 0 Å². The predicted molar refractivity (Wildman–Crippen MR) is 205 cm³/mol. The number of furan rings is 1. The smallest absolute Gasteiger partial charge is 0.160 e. The van der Waals surface area contributed by atoms with Gasteiger partial charge in [-0.1, -0.05) is 115 Å². The van der Waals surface area contributed by atoms with E-state index < -0.39 is 0 Å². The molecule has 11 rings (SSSR count). The Kier molecular flexibility index (Phi) is 5.51. The van der Waals surface area contributed by atoms with Gasteiger partial charge in [0.2, 0.25) is 0 Å². The number of fused-ring (bicyclic) bond motifs is 13. The highest BCUT2D eigenvalue weighted by Gasteiger charge is 2.25. The van der Waals surface area contributed by atoms with E-state index in [-0.39, 0.29) is 0 Å². The van der Waals surface area contributed by atoms with Crippen LogP contribution in [-0.2, 0) is 0 Å². The van der Waals surface area contributed by atoms with Crippen LogP contribution in [0.25, 0.3) is 103 Å². The Morgan fingerprint density at radius 3 is 2.06 bits per heavy atom. The van der Waals surface area contributed by atoms with Gasteiger partial charge in [-0.05, 0) is 36.4 Å². The van der Waals surface area contributed by atoms with E-state index in [1.807, 2.05) is 35.6 Å². The molecule has 0 aliphatic rings. The molecule has 0 bridgehead atoms. The summed E-state index contributed by atoms with van der Waals surface area (Å²) in [6.45, 7) is 0. The average Bonchev–Trinajstić information content (AvgIpc) is 3.85.